The predicted molar refractivity (Wildman–Crippen MR) is 94.9 cm³/mol. The summed E-state index contributed by atoms with van der Waals surface area (Å²) in [5.41, 5.74) is 2.58. The molecule has 4 heteroatoms. The number of benzene rings is 1. The number of hydrogen-bond donors (Lipinski definition) is 2. The lowest BCUT2D eigenvalue weighted by Gasteiger charge is -2.28. The Morgan fingerprint density at radius 2 is 1.95 bits per heavy atom. The quantitative estimate of drug-likeness (QED) is 0.740. The lowest BCUT2D eigenvalue weighted by Crippen LogP contribution is -2.36. The Bertz CT molecular complexity index is 429. The molecule has 0 amide bonds. The van der Waals surface area contributed by atoms with Gasteiger partial charge in [0.2, 0.25) is 0 Å². The van der Waals surface area contributed by atoms with Crippen LogP contribution in [0, 0.1) is 0 Å². The van der Waals surface area contributed by atoms with E-state index >= 15 is 0 Å². The lowest BCUT2D eigenvalue weighted by molar-refractivity contribution is 0.301. The van der Waals surface area contributed by atoms with Gasteiger partial charge in [-0.1, -0.05) is 29.3 Å². The second-order valence-electron chi connectivity index (χ2n) is 6.44. The lowest BCUT2D eigenvalue weighted by atomic mass is 10.1. The number of anilines is 1. The zero-order valence-electron chi connectivity index (χ0n) is 13.7. The number of halogens is 1. The Morgan fingerprint density at radius 1 is 1.24 bits per heavy atom. The minimum atomic E-state index is 0.0881. The topological polar surface area (TPSA) is 35.5 Å². The fourth-order valence-electron chi connectivity index (χ4n) is 2.19. The van der Waals surface area contributed by atoms with Crippen molar-refractivity contribution >= 4 is 21.6 Å². The van der Waals surface area contributed by atoms with Crippen molar-refractivity contribution in [3.05, 3.63) is 28.2 Å². The second kappa shape index (κ2) is 8.76. The number of nitrogens with zero attached hydrogens (tertiary/aromatic N) is 1. The van der Waals surface area contributed by atoms with Gasteiger partial charge in [-0.2, -0.15) is 0 Å². The fraction of sp³-hybridized carbons (Fsp3) is 0.647. The first-order valence-corrected chi connectivity index (χ1v) is 8.56. The maximum Gasteiger partial charge on any atom is 0.0606 e. The van der Waals surface area contributed by atoms with Crippen LogP contribution in [-0.2, 0) is 6.54 Å². The van der Waals surface area contributed by atoms with Gasteiger partial charge in [-0.3, -0.25) is 0 Å². The van der Waals surface area contributed by atoms with Gasteiger partial charge in [-0.15, -0.1) is 0 Å². The number of unbranched alkanes of at least 4 members (excludes halogenated alkanes) is 1. The van der Waals surface area contributed by atoms with Crippen LogP contribution in [-0.4, -0.2) is 30.3 Å². The molecule has 0 spiro atoms. The molecule has 0 saturated heterocycles. The minimum Gasteiger partial charge on any atom is -0.395 e. The van der Waals surface area contributed by atoms with E-state index in [-0.39, 0.29) is 12.1 Å². The molecule has 0 aliphatic rings. The first kappa shape index (κ1) is 18.5. The van der Waals surface area contributed by atoms with Crippen molar-refractivity contribution < 1.29 is 5.11 Å². The molecule has 0 bridgehead atoms. The third kappa shape index (κ3) is 6.81. The van der Waals surface area contributed by atoms with Crippen LogP contribution >= 0.6 is 15.9 Å². The summed E-state index contributed by atoms with van der Waals surface area (Å²) >= 11 is 3.56. The van der Waals surface area contributed by atoms with Crippen LogP contribution in [0.1, 0.15) is 46.1 Å². The summed E-state index contributed by atoms with van der Waals surface area (Å²) in [7, 11) is 0. The Labute approximate surface area is 137 Å². The molecule has 1 rings (SSSR count). The second-order valence-corrected chi connectivity index (χ2v) is 7.36. The summed E-state index contributed by atoms with van der Waals surface area (Å²) in [6.45, 7) is 11.4. The van der Waals surface area contributed by atoms with Crippen molar-refractivity contribution in [3.63, 3.8) is 0 Å². The number of aliphatic hydroxyl groups excluding tert-OH is 1. The SMILES string of the molecule is CCCCN(CCO)c1ccc(Br)cc1CNC(C)(C)C. The molecule has 3 nitrogen and oxygen atoms in total. The molecule has 0 heterocycles. The first-order valence-electron chi connectivity index (χ1n) is 7.76. The third-order valence-corrected chi connectivity index (χ3v) is 3.84. The first-order chi connectivity index (χ1) is 9.87. The summed E-state index contributed by atoms with van der Waals surface area (Å²) in [5.74, 6) is 0. The average Bonchev–Trinajstić information content (AvgIpc) is 2.41. The van der Waals surface area contributed by atoms with Crippen LogP contribution in [0.25, 0.3) is 0 Å². The van der Waals surface area contributed by atoms with Crippen LogP contribution in [0.5, 0.6) is 0 Å². The van der Waals surface area contributed by atoms with E-state index in [1.165, 1.54) is 11.3 Å². The van der Waals surface area contributed by atoms with E-state index in [0.29, 0.717) is 6.54 Å². The summed E-state index contributed by atoms with van der Waals surface area (Å²) in [4.78, 5) is 2.29. The summed E-state index contributed by atoms with van der Waals surface area (Å²) in [6, 6.07) is 6.39. The molecule has 1 aromatic carbocycles. The predicted octanol–water partition coefficient (Wildman–Crippen LogP) is 3.94. The van der Waals surface area contributed by atoms with Crippen LogP contribution in [0.4, 0.5) is 5.69 Å². The van der Waals surface area contributed by atoms with E-state index in [4.69, 9.17) is 0 Å². The molecular weight excluding hydrogens is 328 g/mol. The number of aliphatic hydroxyl groups is 1. The molecule has 0 unspecified atom stereocenters. The molecule has 0 atom stereocenters. The molecular formula is C17H29BrN2O. The van der Waals surface area contributed by atoms with Gasteiger partial charge in [-0.05, 0) is 51.0 Å². The largest absolute Gasteiger partial charge is 0.395 e. The van der Waals surface area contributed by atoms with E-state index in [9.17, 15) is 5.11 Å². The van der Waals surface area contributed by atoms with Gasteiger partial charge in [0.15, 0.2) is 0 Å². The molecule has 0 radical (unpaired) electrons. The van der Waals surface area contributed by atoms with Gasteiger partial charge in [0, 0.05) is 35.3 Å². The smallest absolute Gasteiger partial charge is 0.0606 e. The van der Waals surface area contributed by atoms with E-state index < -0.39 is 0 Å². The normalized spacial score (nSPS) is 11.7. The van der Waals surface area contributed by atoms with E-state index in [1.807, 2.05) is 0 Å². The average molecular weight is 357 g/mol. The highest BCUT2D eigenvalue weighted by Gasteiger charge is 2.14. The molecule has 0 aromatic heterocycles. The highest BCUT2D eigenvalue weighted by molar-refractivity contribution is 9.10. The maximum atomic E-state index is 9.34. The number of nitrogens with one attached hydrogen (secondary N) is 1. The van der Waals surface area contributed by atoms with Crippen molar-refractivity contribution in [1.82, 2.24) is 5.32 Å². The van der Waals surface area contributed by atoms with Crippen LogP contribution in [0.2, 0.25) is 0 Å². The van der Waals surface area contributed by atoms with Crippen molar-refractivity contribution in [2.45, 2.75) is 52.6 Å². The standard InChI is InChI=1S/C17H29BrN2O/c1-5-6-9-20(10-11-21)16-8-7-15(18)12-14(16)13-19-17(2,3)4/h7-8,12,19,21H,5-6,9-11,13H2,1-4H3. The third-order valence-electron chi connectivity index (χ3n) is 3.34. The molecule has 2 N–H and O–H groups in total. The molecule has 0 fully saturated rings. The Hall–Kier alpha value is -0.580. The van der Waals surface area contributed by atoms with Gasteiger partial charge >= 0.3 is 0 Å². The highest BCUT2D eigenvalue weighted by atomic mass is 79.9. The Morgan fingerprint density at radius 3 is 2.52 bits per heavy atom. The van der Waals surface area contributed by atoms with E-state index in [2.05, 4.69) is 72.0 Å². The van der Waals surface area contributed by atoms with Crippen LogP contribution < -0.4 is 10.2 Å². The van der Waals surface area contributed by atoms with E-state index in [1.54, 1.807) is 0 Å². The summed E-state index contributed by atoms with van der Waals surface area (Å²) < 4.78 is 1.09. The molecule has 120 valence electrons. The Balaban J connectivity index is 2.96. The zero-order chi connectivity index (χ0) is 15.9. The fourth-order valence-corrected chi connectivity index (χ4v) is 2.60. The van der Waals surface area contributed by atoms with Gasteiger partial charge in [0.25, 0.3) is 0 Å². The summed E-state index contributed by atoms with van der Waals surface area (Å²) in [6.07, 6.45) is 2.30. The zero-order valence-corrected chi connectivity index (χ0v) is 15.3. The maximum absolute atomic E-state index is 9.34. The van der Waals surface area contributed by atoms with Gasteiger partial charge < -0.3 is 15.3 Å². The molecule has 0 aliphatic carbocycles. The number of rotatable bonds is 8. The molecule has 1 aromatic rings. The van der Waals surface area contributed by atoms with Gasteiger partial charge in [0.1, 0.15) is 0 Å². The highest BCUT2D eigenvalue weighted by Crippen LogP contribution is 2.25. The molecule has 21 heavy (non-hydrogen) atoms. The molecule has 0 saturated carbocycles. The van der Waals surface area contributed by atoms with Crippen molar-refractivity contribution in [1.29, 1.82) is 0 Å². The van der Waals surface area contributed by atoms with Crippen LogP contribution in [0.15, 0.2) is 22.7 Å². The van der Waals surface area contributed by atoms with Crippen molar-refractivity contribution in [3.8, 4) is 0 Å². The van der Waals surface area contributed by atoms with Gasteiger partial charge in [-0.25, -0.2) is 0 Å². The van der Waals surface area contributed by atoms with Crippen LogP contribution in [0.3, 0.4) is 0 Å². The van der Waals surface area contributed by atoms with Gasteiger partial charge in [0.05, 0.1) is 6.61 Å². The Kier molecular flexibility index (Phi) is 7.71. The summed E-state index contributed by atoms with van der Waals surface area (Å²) in [5, 5.41) is 12.9. The van der Waals surface area contributed by atoms with Crippen molar-refractivity contribution in [2.24, 2.45) is 0 Å². The van der Waals surface area contributed by atoms with Crippen molar-refractivity contribution in [2.75, 3.05) is 24.6 Å². The van der Waals surface area contributed by atoms with E-state index in [0.717, 1.165) is 30.4 Å². The minimum absolute atomic E-state index is 0.0881. The monoisotopic (exact) mass is 356 g/mol. The number of hydrogen-bond acceptors (Lipinski definition) is 3. The molecule has 0 aliphatic heterocycles.